The van der Waals surface area contributed by atoms with Gasteiger partial charge in [0.25, 0.3) is 0 Å². The molecule has 3 rings (SSSR count). The second kappa shape index (κ2) is 8.68. The number of ether oxygens (including phenoxy) is 1. The van der Waals surface area contributed by atoms with Crippen molar-refractivity contribution < 1.29 is 9.53 Å². The molecular formula is C22H26N2O2. The van der Waals surface area contributed by atoms with Gasteiger partial charge in [-0.3, -0.25) is 9.69 Å². The van der Waals surface area contributed by atoms with Gasteiger partial charge >= 0.3 is 0 Å². The van der Waals surface area contributed by atoms with Gasteiger partial charge in [0.15, 0.2) is 0 Å². The molecule has 4 nitrogen and oxygen atoms in total. The highest BCUT2D eigenvalue weighted by Crippen LogP contribution is 2.22. The van der Waals surface area contributed by atoms with Crippen LogP contribution in [-0.2, 0) is 11.3 Å². The van der Waals surface area contributed by atoms with E-state index in [1.165, 1.54) is 11.1 Å². The van der Waals surface area contributed by atoms with Gasteiger partial charge in [0, 0.05) is 19.6 Å². The van der Waals surface area contributed by atoms with Crippen molar-refractivity contribution in [3.8, 4) is 5.75 Å². The van der Waals surface area contributed by atoms with Crippen LogP contribution in [0.3, 0.4) is 0 Å². The van der Waals surface area contributed by atoms with E-state index in [1.54, 1.807) is 7.11 Å². The van der Waals surface area contributed by atoms with E-state index in [-0.39, 0.29) is 5.91 Å². The minimum atomic E-state index is 0.179. The van der Waals surface area contributed by atoms with Crippen molar-refractivity contribution in [2.75, 3.05) is 33.8 Å². The zero-order valence-corrected chi connectivity index (χ0v) is 15.5. The largest absolute Gasteiger partial charge is 0.497 e. The zero-order valence-electron chi connectivity index (χ0n) is 15.5. The second-order valence-electron chi connectivity index (χ2n) is 6.71. The Morgan fingerprint density at radius 2 is 1.96 bits per heavy atom. The van der Waals surface area contributed by atoms with E-state index in [2.05, 4.69) is 36.4 Å². The van der Waals surface area contributed by atoms with Crippen LogP contribution in [0.1, 0.15) is 17.5 Å². The van der Waals surface area contributed by atoms with Crippen LogP contribution in [0.15, 0.2) is 60.7 Å². The lowest BCUT2D eigenvalue weighted by Gasteiger charge is -2.28. The summed E-state index contributed by atoms with van der Waals surface area (Å²) in [5.41, 5.74) is 3.73. The second-order valence-corrected chi connectivity index (χ2v) is 6.71. The van der Waals surface area contributed by atoms with Crippen LogP contribution in [-0.4, -0.2) is 49.5 Å². The normalized spacial score (nSPS) is 14.3. The summed E-state index contributed by atoms with van der Waals surface area (Å²) < 4.78 is 5.26. The molecule has 0 atom stereocenters. The SMILES string of the molecule is COc1cccc(CN(C)CC(=O)N2CC=C(c3ccccc3)CC2)c1. The number of carbonyl (C=O) groups excluding carboxylic acids is 1. The van der Waals surface area contributed by atoms with Gasteiger partial charge < -0.3 is 9.64 Å². The van der Waals surface area contributed by atoms with Crippen LogP contribution in [0.25, 0.3) is 5.57 Å². The van der Waals surface area contributed by atoms with Crippen molar-refractivity contribution in [3.63, 3.8) is 0 Å². The van der Waals surface area contributed by atoms with Gasteiger partial charge in [-0.05, 0) is 42.3 Å². The summed E-state index contributed by atoms with van der Waals surface area (Å²) in [5, 5.41) is 0. The number of nitrogens with zero attached hydrogens (tertiary/aromatic N) is 2. The maximum Gasteiger partial charge on any atom is 0.237 e. The van der Waals surface area contributed by atoms with Gasteiger partial charge in [0.2, 0.25) is 5.91 Å². The minimum absolute atomic E-state index is 0.179. The highest BCUT2D eigenvalue weighted by molar-refractivity contribution is 5.80. The third-order valence-corrected chi connectivity index (χ3v) is 4.70. The van der Waals surface area contributed by atoms with Crippen LogP contribution in [0.5, 0.6) is 5.75 Å². The third kappa shape index (κ3) is 4.73. The highest BCUT2D eigenvalue weighted by atomic mass is 16.5. The fraction of sp³-hybridized carbons (Fsp3) is 0.318. The lowest BCUT2D eigenvalue weighted by atomic mass is 9.99. The molecule has 0 saturated carbocycles. The summed E-state index contributed by atoms with van der Waals surface area (Å²) in [6, 6.07) is 18.4. The van der Waals surface area contributed by atoms with E-state index in [9.17, 15) is 4.79 Å². The Morgan fingerprint density at radius 3 is 2.65 bits per heavy atom. The van der Waals surface area contributed by atoms with Crippen LogP contribution in [0, 0.1) is 0 Å². The highest BCUT2D eigenvalue weighted by Gasteiger charge is 2.19. The molecule has 0 saturated heterocycles. The average Bonchev–Trinajstić information content (AvgIpc) is 2.69. The molecule has 1 aliphatic rings. The first-order chi connectivity index (χ1) is 12.7. The first-order valence-electron chi connectivity index (χ1n) is 8.99. The van der Waals surface area contributed by atoms with Gasteiger partial charge in [-0.1, -0.05) is 48.5 Å². The molecule has 2 aromatic rings. The molecule has 0 N–H and O–H groups in total. The van der Waals surface area contributed by atoms with Gasteiger partial charge in [-0.2, -0.15) is 0 Å². The number of hydrogen-bond acceptors (Lipinski definition) is 3. The van der Waals surface area contributed by atoms with E-state index in [1.807, 2.05) is 41.1 Å². The topological polar surface area (TPSA) is 32.8 Å². The number of amides is 1. The van der Waals surface area contributed by atoms with Gasteiger partial charge in [-0.25, -0.2) is 0 Å². The third-order valence-electron chi connectivity index (χ3n) is 4.70. The Labute approximate surface area is 155 Å². The smallest absolute Gasteiger partial charge is 0.237 e. The van der Waals surface area contributed by atoms with E-state index in [0.29, 0.717) is 13.1 Å². The predicted octanol–water partition coefficient (Wildman–Crippen LogP) is 3.44. The number of rotatable bonds is 6. The molecule has 1 amide bonds. The molecule has 2 aromatic carbocycles. The van der Waals surface area contributed by atoms with Crippen LogP contribution in [0.4, 0.5) is 0 Å². The Bertz CT molecular complexity index is 771. The lowest BCUT2D eigenvalue weighted by molar-refractivity contribution is -0.131. The van der Waals surface area contributed by atoms with Crippen molar-refractivity contribution >= 4 is 11.5 Å². The molecule has 0 fully saturated rings. The molecule has 0 radical (unpaired) electrons. The van der Waals surface area contributed by atoms with E-state index in [0.717, 1.165) is 30.8 Å². The van der Waals surface area contributed by atoms with Crippen molar-refractivity contribution in [2.24, 2.45) is 0 Å². The summed E-state index contributed by atoms with van der Waals surface area (Å²) in [5.74, 6) is 1.02. The van der Waals surface area contributed by atoms with Gasteiger partial charge in [0.1, 0.15) is 5.75 Å². The number of methoxy groups -OCH3 is 1. The summed E-state index contributed by atoms with van der Waals surface area (Å²) >= 11 is 0. The van der Waals surface area contributed by atoms with Crippen LogP contribution < -0.4 is 4.74 Å². The molecule has 0 spiro atoms. The first kappa shape index (κ1) is 18.2. The van der Waals surface area contributed by atoms with Crippen LogP contribution in [0.2, 0.25) is 0 Å². The number of hydrogen-bond donors (Lipinski definition) is 0. The van der Waals surface area contributed by atoms with E-state index >= 15 is 0 Å². The Kier molecular flexibility index (Phi) is 6.08. The number of benzene rings is 2. The molecule has 4 heteroatoms. The Balaban J connectivity index is 1.53. The Hall–Kier alpha value is -2.59. The summed E-state index contributed by atoms with van der Waals surface area (Å²) in [6.45, 7) is 2.62. The molecular weight excluding hydrogens is 324 g/mol. The van der Waals surface area contributed by atoms with Gasteiger partial charge in [0.05, 0.1) is 13.7 Å². The van der Waals surface area contributed by atoms with Crippen molar-refractivity contribution in [3.05, 3.63) is 71.8 Å². The number of likely N-dealkylation sites (N-methyl/N-ethyl adjacent to an activating group) is 1. The first-order valence-corrected chi connectivity index (χ1v) is 8.99. The molecule has 0 aliphatic carbocycles. The Morgan fingerprint density at radius 1 is 1.15 bits per heavy atom. The molecule has 136 valence electrons. The molecule has 0 unspecified atom stereocenters. The van der Waals surface area contributed by atoms with Crippen LogP contribution >= 0.6 is 0 Å². The zero-order chi connectivity index (χ0) is 18.4. The fourth-order valence-electron chi connectivity index (χ4n) is 3.28. The fourth-order valence-corrected chi connectivity index (χ4v) is 3.28. The molecule has 0 aromatic heterocycles. The quantitative estimate of drug-likeness (QED) is 0.800. The van der Waals surface area contributed by atoms with Crippen molar-refractivity contribution in [1.82, 2.24) is 9.80 Å². The van der Waals surface area contributed by atoms with E-state index in [4.69, 9.17) is 4.74 Å². The molecule has 1 heterocycles. The number of carbonyl (C=O) groups is 1. The average molecular weight is 350 g/mol. The van der Waals surface area contributed by atoms with Gasteiger partial charge in [-0.15, -0.1) is 0 Å². The van der Waals surface area contributed by atoms with Crippen molar-refractivity contribution in [1.29, 1.82) is 0 Å². The van der Waals surface area contributed by atoms with E-state index < -0.39 is 0 Å². The summed E-state index contributed by atoms with van der Waals surface area (Å²) in [4.78, 5) is 16.6. The monoisotopic (exact) mass is 350 g/mol. The molecule has 26 heavy (non-hydrogen) atoms. The molecule has 0 bridgehead atoms. The minimum Gasteiger partial charge on any atom is -0.497 e. The summed E-state index contributed by atoms with van der Waals surface area (Å²) in [7, 11) is 3.65. The van der Waals surface area contributed by atoms with Crippen molar-refractivity contribution in [2.45, 2.75) is 13.0 Å². The maximum absolute atomic E-state index is 12.6. The summed E-state index contributed by atoms with van der Waals surface area (Å²) in [6.07, 6.45) is 3.09. The molecule has 1 aliphatic heterocycles. The predicted molar refractivity (Wildman–Crippen MR) is 105 cm³/mol. The standard InChI is InChI=1S/C22H26N2O2/c1-23(16-18-7-6-10-21(15-18)26-2)17-22(25)24-13-11-20(12-14-24)19-8-4-3-5-9-19/h3-11,15H,12-14,16-17H2,1-2H3. The lowest BCUT2D eigenvalue weighted by Crippen LogP contribution is -2.40. The maximum atomic E-state index is 12.6.